The van der Waals surface area contributed by atoms with Gasteiger partial charge in [-0.1, -0.05) is 7.43 Å². The summed E-state index contributed by atoms with van der Waals surface area (Å²) in [6.07, 6.45) is -2.57. The van der Waals surface area contributed by atoms with Crippen LogP contribution in [0.15, 0.2) is 38.3 Å². The Balaban J connectivity index is 0.000000425. The third-order valence-electron chi connectivity index (χ3n) is 2.41. The molecule has 0 aliphatic rings. The SMILES string of the molecule is C.COc1ncc(Br)cc1C(F)F.O=c1[nH]cc(Br)cc1C(F)F. The highest BCUT2D eigenvalue weighted by atomic mass is 79.9. The van der Waals surface area contributed by atoms with Crippen LogP contribution in [0.5, 0.6) is 5.88 Å². The predicted molar refractivity (Wildman–Crippen MR) is 89.9 cm³/mol. The van der Waals surface area contributed by atoms with Gasteiger partial charge in [0.1, 0.15) is 0 Å². The van der Waals surface area contributed by atoms with Crippen LogP contribution in [0.25, 0.3) is 0 Å². The van der Waals surface area contributed by atoms with E-state index in [-0.39, 0.29) is 18.9 Å². The number of nitrogens with zero attached hydrogens (tertiary/aromatic N) is 1. The van der Waals surface area contributed by atoms with E-state index in [2.05, 4.69) is 46.6 Å². The molecule has 0 fully saturated rings. The summed E-state index contributed by atoms with van der Waals surface area (Å²) in [5, 5.41) is 0. The Kier molecular flexibility index (Phi) is 9.83. The van der Waals surface area contributed by atoms with E-state index in [0.29, 0.717) is 8.95 Å². The monoisotopic (exact) mass is 476 g/mol. The first-order chi connectivity index (χ1) is 10.8. The van der Waals surface area contributed by atoms with Gasteiger partial charge in [0.15, 0.2) is 0 Å². The van der Waals surface area contributed by atoms with Gasteiger partial charge in [-0.2, -0.15) is 0 Å². The highest BCUT2D eigenvalue weighted by Crippen LogP contribution is 2.28. The zero-order valence-electron chi connectivity index (χ0n) is 11.5. The summed E-state index contributed by atoms with van der Waals surface area (Å²) in [6.45, 7) is 0. The molecular weight excluding hydrogens is 464 g/mol. The van der Waals surface area contributed by atoms with Crippen molar-refractivity contribution in [3.63, 3.8) is 0 Å². The molecule has 0 atom stereocenters. The molecule has 10 heteroatoms. The fourth-order valence-electron chi connectivity index (χ4n) is 1.40. The molecule has 0 amide bonds. The number of hydrogen-bond donors (Lipinski definition) is 1. The third-order valence-corrected chi connectivity index (χ3v) is 3.30. The van der Waals surface area contributed by atoms with E-state index in [1.807, 2.05) is 0 Å². The lowest BCUT2D eigenvalue weighted by Gasteiger charge is -2.05. The quantitative estimate of drug-likeness (QED) is 0.593. The molecule has 0 saturated carbocycles. The molecule has 0 unspecified atom stereocenters. The Labute approximate surface area is 152 Å². The maximum atomic E-state index is 12.3. The van der Waals surface area contributed by atoms with Gasteiger partial charge in [-0.15, -0.1) is 0 Å². The van der Waals surface area contributed by atoms with Crippen LogP contribution in [0.4, 0.5) is 17.6 Å². The van der Waals surface area contributed by atoms with Crippen LogP contribution < -0.4 is 10.3 Å². The van der Waals surface area contributed by atoms with Crippen LogP contribution in [0.2, 0.25) is 0 Å². The zero-order valence-corrected chi connectivity index (χ0v) is 14.7. The van der Waals surface area contributed by atoms with E-state index in [1.165, 1.54) is 25.6 Å². The topological polar surface area (TPSA) is 55.0 Å². The zero-order chi connectivity index (χ0) is 17.6. The minimum Gasteiger partial charge on any atom is -0.481 e. The second-order valence-electron chi connectivity index (χ2n) is 3.96. The van der Waals surface area contributed by atoms with Crippen molar-refractivity contribution in [2.75, 3.05) is 7.11 Å². The van der Waals surface area contributed by atoms with Gasteiger partial charge in [0, 0.05) is 21.3 Å². The maximum absolute atomic E-state index is 12.3. The van der Waals surface area contributed by atoms with Crippen molar-refractivity contribution in [1.29, 1.82) is 0 Å². The summed E-state index contributed by atoms with van der Waals surface area (Å²) in [6, 6.07) is 2.39. The number of rotatable bonds is 3. The van der Waals surface area contributed by atoms with E-state index in [9.17, 15) is 22.4 Å². The Morgan fingerprint density at radius 1 is 1.08 bits per heavy atom. The van der Waals surface area contributed by atoms with Crippen molar-refractivity contribution >= 4 is 31.9 Å². The molecule has 0 spiro atoms. The van der Waals surface area contributed by atoms with E-state index in [4.69, 9.17) is 0 Å². The van der Waals surface area contributed by atoms with E-state index in [0.717, 1.165) is 6.07 Å². The Morgan fingerprint density at radius 2 is 1.62 bits per heavy atom. The molecule has 4 nitrogen and oxygen atoms in total. The molecule has 0 aliphatic carbocycles. The van der Waals surface area contributed by atoms with Crippen molar-refractivity contribution in [3.8, 4) is 5.88 Å². The first-order valence-electron chi connectivity index (χ1n) is 5.90. The van der Waals surface area contributed by atoms with E-state index < -0.39 is 24.0 Å². The summed E-state index contributed by atoms with van der Waals surface area (Å²) in [7, 11) is 1.31. The standard InChI is InChI=1S/C7H6BrF2NO.C6H4BrF2NO.CH4/c1-12-7-5(6(9)10)2-4(8)3-11-7;7-3-1-4(5(8)9)6(11)10-2-3;/h2-3,6H,1H3;1-2,5H,(H,10,11);1H4. The molecule has 0 bridgehead atoms. The normalized spacial score (nSPS) is 10.0. The molecule has 24 heavy (non-hydrogen) atoms. The Hall–Kier alpha value is -1.42. The van der Waals surface area contributed by atoms with Crippen molar-refractivity contribution < 1.29 is 22.3 Å². The van der Waals surface area contributed by atoms with Gasteiger partial charge in [-0.3, -0.25) is 4.79 Å². The molecule has 2 rings (SSSR count). The third kappa shape index (κ3) is 6.60. The van der Waals surface area contributed by atoms with Gasteiger partial charge in [0.25, 0.3) is 18.4 Å². The van der Waals surface area contributed by atoms with Crippen LogP contribution in [-0.4, -0.2) is 17.1 Å². The molecule has 2 aromatic rings. The molecule has 1 N–H and O–H groups in total. The summed E-state index contributed by atoms with van der Waals surface area (Å²) >= 11 is 6.00. The van der Waals surface area contributed by atoms with Gasteiger partial charge >= 0.3 is 0 Å². The van der Waals surface area contributed by atoms with Crippen molar-refractivity contribution in [1.82, 2.24) is 9.97 Å². The van der Waals surface area contributed by atoms with Crippen LogP contribution >= 0.6 is 31.9 Å². The van der Waals surface area contributed by atoms with Crippen LogP contribution in [0.3, 0.4) is 0 Å². The fraction of sp³-hybridized carbons (Fsp3) is 0.286. The average molecular weight is 478 g/mol. The Morgan fingerprint density at radius 3 is 2.08 bits per heavy atom. The highest BCUT2D eigenvalue weighted by Gasteiger charge is 2.15. The molecular formula is C14H14Br2F4N2O2. The van der Waals surface area contributed by atoms with Gasteiger partial charge < -0.3 is 9.72 Å². The number of halogens is 6. The number of methoxy groups -OCH3 is 1. The minimum absolute atomic E-state index is 0. The number of hydrogen-bond acceptors (Lipinski definition) is 3. The van der Waals surface area contributed by atoms with Gasteiger partial charge in [-0.05, 0) is 44.0 Å². The highest BCUT2D eigenvalue weighted by molar-refractivity contribution is 9.10. The molecule has 0 radical (unpaired) electrons. The molecule has 2 aromatic heterocycles. The molecule has 134 valence electrons. The smallest absolute Gasteiger partial charge is 0.269 e. The first-order valence-corrected chi connectivity index (χ1v) is 7.48. The lowest BCUT2D eigenvalue weighted by Crippen LogP contribution is -2.11. The Bertz CT molecular complexity index is 711. The number of H-pyrrole nitrogens is 1. The average Bonchev–Trinajstić information content (AvgIpc) is 2.50. The number of alkyl halides is 4. The van der Waals surface area contributed by atoms with Gasteiger partial charge in [0.05, 0.1) is 18.2 Å². The van der Waals surface area contributed by atoms with Crippen LogP contribution in [0.1, 0.15) is 31.4 Å². The predicted octanol–water partition coefficient (Wildman–Crippen LogP) is 5.50. The number of pyridine rings is 2. The van der Waals surface area contributed by atoms with Gasteiger partial charge in [-0.25, -0.2) is 22.5 Å². The number of ether oxygens (including phenoxy) is 1. The number of aromatic nitrogens is 2. The second-order valence-corrected chi connectivity index (χ2v) is 5.79. The van der Waals surface area contributed by atoms with Crippen molar-refractivity contribution in [2.24, 2.45) is 0 Å². The molecule has 0 saturated heterocycles. The number of aromatic amines is 1. The second kappa shape index (κ2) is 10.4. The molecule has 0 aromatic carbocycles. The lowest BCUT2D eigenvalue weighted by molar-refractivity contribution is 0.146. The molecule has 0 aliphatic heterocycles. The van der Waals surface area contributed by atoms with Crippen LogP contribution in [0, 0.1) is 0 Å². The summed E-state index contributed by atoms with van der Waals surface area (Å²) < 4.78 is 54.0. The fourth-order valence-corrected chi connectivity index (χ4v) is 2.12. The maximum Gasteiger partial charge on any atom is 0.269 e. The first kappa shape index (κ1) is 22.6. The summed E-state index contributed by atoms with van der Waals surface area (Å²) in [4.78, 5) is 16.5. The molecule has 2 heterocycles. The van der Waals surface area contributed by atoms with Gasteiger partial charge in [0.2, 0.25) is 5.88 Å². The largest absolute Gasteiger partial charge is 0.481 e. The van der Waals surface area contributed by atoms with Crippen molar-refractivity contribution in [2.45, 2.75) is 20.3 Å². The van der Waals surface area contributed by atoms with E-state index >= 15 is 0 Å². The van der Waals surface area contributed by atoms with E-state index in [1.54, 1.807) is 0 Å². The number of nitrogens with one attached hydrogen (secondary N) is 1. The van der Waals surface area contributed by atoms with Crippen molar-refractivity contribution in [3.05, 3.63) is 55.0 Å². The summed E-state index contributed by atoms with van der Waals surface area (Å²) in [5.74, 6) is -0.0341. The van der Waals surface area contributed by atoms with Crippen LogP contribution in [-0.2, 0) is 0 Å². The summed E-state index contributed by atoms with van der Waals surface area (Å²) in [5.41, 5.74) is -1.46. The minimum atomic E-state index is -2.73. The lowest BCUT2D eigenvalue weighted by atomic mass is 10.3.